The molecule has 1 aliphatic carbocycles. The Balaban J connectivity index is 1.91. The van der Waals surface area contributed by atoms with E-state index >= 15 is 0 Å². The lowest BCUT2D eigenvalue weighted by Crippen LogP contribution is -2.42. The first-order valence-corrected chi connectivity index (χ1v) is 5.60. The number of amides is 2. The second-order valence-corrected chi connectivity index (χ2v) is 4.01. The number of carbonyl (C=O) groups excluding carboxylic acids is 1. The van der Waals surface area contributed by atoms with Gasteiger partial charge >= 0.3 is 12.0 Å². The fourth-order valence-electron chi connectivity index (χ4n) is 1.11. The molecule has 0 aliphatic heterocycles. The monoisotopic (exact) mass is 246 g/mol. The SMILES string of the molecule is O=C(NCCOCC1CC1)NC[C@H](O)C(=O)O. The molecular weight excluding hydrogens is 228 g/mol. The predicted molar refractivity (Wildman–Crippen MR) is 58.6 cm³/mol. The summed E-state index contributed by atoms with van der Waals surface area (Å²) >= 11 is 0. The topological polar surface area (TPSA) is 108 Å². The third-order valence-electron chi connectivity index (χ3n) is 2.32. The molecule has 2 amide bonds. The summed E-state index contributed by atoms with van der Waals surface area (Å²) in [5, 5.41) is 22.0. The zero-order valence-electron chi connectivity index (χ0n) is 9.52. The Morgan fingerprint density at radius 3 is 2.65 bits per heavy atom. The predicted octanol–water partition coefficient (Wildman–Crippen LogP) is -0.842. The maximum absolute atomic E-state index is 11.1. The molecule has 0 unspecified atom stereocenters. The van der Waals surface area contributed by atoms with Crippen molar-refractivity contribution in [2.24, 2.45) is 5.92 Å². The summed E-state index contributed by atoms with van der Waals surface area (Å²) in [5.74, 6) is -0.674. The average Bonchev–Trinajstić information content (AvgIpc) is 3.09. The number of urea groups is 1. The zero-order valence-corrected chi connectivity index (χ0v) is 9.52. The van der Waals surface area contributed by atoms with E-state index in [1.54, 1.807) is 0 Å². The molecule has 4 N–H and O–H groups in total. The maximum atomic E-state index is 11.1. The lowest BCUT2D eigenvalue weighted by atomic mass is 10.4. The highest BCUT2D eigenvalue weighted by molar-refractivity contribution is 5.76. The second kappa shape index (κ2) is 7.08. The number of ether oxygens (including phenoxy) is 1. The van der Waals surface area contributed by atoms with Gasteiger partial charge in [-0.25, -0.2) is 9.59 Å². The first kappa shape index (κ1) is 13.7. The van der Waals surface area contributed by atoms with Gasteiger partial charge < -0.3 is 25.6 Å². The van der Waals surface area contributed by atoms with Crippen molar-refractivity contribution in [2.75, 3.05) is 26.3 Å². The third kappa shape index (κ3) is 6.75. The van der Waals surface area contributed by atoms with Gasteiger partial charge in [0.25, 0.3) is 0 Å². The van der Waals surface area contributed by atoms with Gasteiger partial charge in [0.2, 0.25) is 0 Å². The molecule has 7 heteroatoms. The highest BCUT2D eigenvalue weighted by Gasteiger charge is 2.20. The smallest absolute Gasteiger partial charge is 0.334 e. The minimum absolute atomic E-state index is 0.315. The Morgan fingerprint density at radius 2 is 2.06 bits per heavy atom. The molecule has 0 radical (unpaired) electrons. The standard InChI is InChI=1S/C10H18N2O5/c13-8(9(14)15)5-12-10(16)11-3-4-17-6-7-1-2-7/h7-8,13H,1-6H2,(H,14,15)(H2,11,12,16)/t8-/m0/s1. The van der Waals surface area contributed by atoms with Gasteiger partial charge in [-0.05, 0) is 18.8 Å². The van der Waals surface area contributed by atoms with Gasteiger partial charge in [-0.2, -0.15) is 0 Å². The summed E-state index contributed by atoms with van der Waals surface area (Å²) in [5.41, 5.74) is 0. The molecule has 0 spiro atoms. The van der Waals surface area contributed by atoms with Gasteiger partial charge in [0.15, 0.2) is 6.10 Å². The van der Waals surface area contributed by atoms with Crippen LogP contribution in [0.15, 0.2) is 0 Å². The Hall–Kier alpha value is -1.34. The number of rotatable bonds is 8. The number of aliphatic hydroxyl groups is 1. The molecule has 1 fully saturated rings. The fraction of sp³-hybridized carbons (Fsp3) is 0.800. The summed E-state index contributed by atoms with van der Waals surface area (Å²) < 4.78 is 5.29. The van der Waals surface area contributed by atoms with Crippen LogP contribution in [-0.4, -0.2) is 54.6 Å². The lowest BCUT2D eigenvalue weighted by molar-refractivity contribution is -0.146. The van der Waals surface area contributed by atoms with Crippen LogP contribution in [0.25, 0.3) is 0 Å². The molecule has 0 aromatic heterocycles. The zero-order chi connectivity index (χ0) is 12.7. The molecule has 0 saturated heterocycles. The van der Waals surface area contributed by atoms with Crippen LogP contribution in [0.5, 0.6) is 0 Å². The largest absolute Gasteiger partial charge is 0.479 e. The van der Waals surface area contributed by atoms with E-state index in [0.29, 0.717) is 19.1 Å². The van der Waals surface area contributed by atoms with Gasteiger partial charge in [-0.3, -0.25) is 0 Å². The number of hydrogen-bond acceptors (Lipinski definition) is 4. The summed E-state index contributed by atoms with van der Waals surface area (Å²) in [6, 6.07) is -0.514. The lowest BCUT2D eigenvalue weighted by Gasteiger charge is -2.09. The van der Waals surface area contributed by atoms with Crippen molar-refractivity contribution in [1.29, 1.82) is 0 Å². The molecular formula is C10H18N2O5. The van der Waals surface area contributed by atoms with E-state index in [0.717, 1.165) is 6.61 Å². The van der Waals surface area contributed by atoms with Crippen molar-refractivity contribution < 1.29 is 24.5 Å². The van der Waals surface area contributed by atoms with Crippen molar-refractivity contribution in [2.45, 2.75) is 18.9 Å². The van der Waals surface area contributed by atoms with Gasteiger partial charge in [-0.1, -0.05) is 0 Å². The molecule has 0 aromatic rings. The van der Waals surface area contributed by atoms with Crippen LogP contribution in [0.2, 0.25) is 0 Å². The molecule has 1 aliphatic rings. The van der Waals surface area contributed by atoms with Crippen molar-refractivity contribution in [3.05, 3.63) is 0 Å². The molecule has 0 aromatic carbocycles. The van der Waals surface area contributed by atoms with Gasteiger partial charge in [0.1, 0.15) is 0 Å². The number of hydrogen-bond donors (Lipinski definition) is 4. The van der Waals surface area contributed by atoms with Gasteiger partial charge in [-0.15, -0.1) is 0 Å². The molecule has 0 bridgehead atoms. The highest BCUT2D eigenvalue weighted by Crippen LogP contribution is 2.28. The van der Waals surface area contributed by atoms with Crippen LogP contribution >= 0.6 is 0 Å². The van der Waals surface area contributed by atoms with E-state index in [4.69, 9.17) is 14.9 Å². The first-order valence-electron chi connectivity index (χ1n) is 5.60. The summed E-state index contributed by atoms with van der Waals surface area (Å²) in [6.07, 6.45) is 0.869. The maximum Gasteiger partial charge on any atom is 0.334 e. The normalized spacial score (nSPS) is 16.3. The number of nitrogens with one attached hydrogen (secondary N) is 2. The van der Waals surface area contributed by atoms with Crippen LogP contribution in [0.4, 0.5) is 4.79 Å². The molecule has 1 atom stereocenters. The Bertz CT molecular complexity index is 267. The van der Waals surface area contributed by atoms with Crippen molar-refractivity contribution in [1.82, 2.24) is 10.6 Å². The highest BCUT2D eigenvalue weighted by atomic mass is 16.5. The van der Waals surface area contributed by atoms with Crippen molar-refractivity contribution in [3.63, 3.8) is 0 Å². The van der Waals surface area contributed by atoms with Crippen molar-refractivity contribution >= 4 is 12.0 Å². The second-order valence-electron chi connectivity index (χ2n) is 4.01. The third-order valence-corrected chi connectivity index (χ3v) is 2.32. The van der Waals surface area contributed by atoms with Gasteiger partial charge in [0, 0.05) is 13.2 Å². The van der Waals surface area contributed by atoms with Crippen LogP contribution < -0.4 is 10.6 Å². The van der Waals surface area contributed by atoms with Crippen LogP contribution in [0.3, 0.4) is 0 Å². The number of carbonyl (C=O) groups is 2. The van der Waals surface area contributed by atoms with Crippen LogP contribution in [0.1, 0.15) is 12.8 Å². The molecule has 1 rings (SSSR count). The average molecular weight is 246 g/mol. The molecule has 98 valence electrons. The Morgan fingerprint density at radius 1 is 1.35 bits per heavy atom. The molecule has 0 heterocycles. The quantitative estimate of drug-likeness (QED) is 0.418. The van der Waals surface area contributed by atoms with E-state index in [9.17, 15) is 9.59 Å². The van der Waals surface area contributed by atoms with Gasteiger partial charge in [0.05, 0.1) is 13.2 Å². The number of carboxylic acid groups (broad SMARTS) is 1. The van der Waals surface area contributed by atoms with Crippen LogP contribution in [-0.2, 0) is 9.53 Å². The molecule has 17 heavy (non-hydrogen) atoms. The molecule has 1 saturated carbocycles. The minimum Gasteiger partial charge on any atom is -0.479 e. The number of aliphatic carboxylic acids is 1. The summed E-state index contributed by atoms with van der Waals surface area (Å²) in [7, 11) is 0. The van der Waals surface area contributed by atoms with E-state index in [2.05, 4.69) is 10.6 Å². The Labute approximate surface area is 99.1 Å². The van der Waals surface area contributed by atoms with E-state index in [-0.39, 0.29) is 6.54 Å². The number of carboxylic acids is 1. The first-order chi connectivity index (χ1) is 8.09. The van der Waals surface area contributed by atoms with E-state index in [1.807, 2.05) is 0 Å². The Kier molecular flexibility index (Phi) is 5.71. The summed E-state index contributed by atoms with van der Waals surface area (Å²) in [4.78, 5) is 21.3. The van der Waals surface area contributed by atoms with E-state index < -0.39 is 18.1 Å². The number of aliphatic hydroxyl groups excluding tert-OH is 1. The summed E-state index contributed by atoms with van der Waals surface area (Å²) in [6.45, 7) is 1.22. The molecule has 7 nitrogen and oxygen atoms in total. The van der Waals surface area contributed by atoms with Crippen LogP contribution in [0, 0.1) is 5.92 Å². The van der Waals surface area contributed by atoms with E-state index in [1.165, 1.54) is 12.8 Å². The van der Waals surface area contributed by atoms with Crippen molar-refractivity contribution in [3.8, 4) is 0 Å². The fourth-order valence-corrected chi connectivity index (χ4v) is 1.11. The minimum atomic E-state index is -1.58.